The Hall–Kier alpha value is -1.91. The second-order valence-electron chi connectivity index (χ2n) is 4.86. The highest BCUT2D eigenvalue weighted by atomic mass is 16.1. The summed E-state index contributed by atoms with van der Waals surface area (Å²) in [6.45, 7) is 3.12. The molecule has 1 unspecified atom stereocenters. The van der Waals surface area contributed by atoms with Gasteiger partial charge in [0.05, 0.1) is 5.92 Å². The monoisotopic (exact) mass is 261 g/mol. The molecule has 1 aliphatic rings. The van der Waals surface area contributed by atoms with Gasteiger partial charge in [-0.15, -0.1) is 0 Å². The van der Waals surface area contributed by atoms with Crippen molar-refractivity contribution in [3.05, 3.63) is 23.9 Å². The summed E-state index contributed by atoms with van der Waals surface area (Å²) in [6.07, 6.45) is 3.50. The third-order valence-electron chi connectivity index (χ3n) is 3.52. The molecule has 0 radical (unpaired) electrons. The third-order valence-corrected chi connectivity index (χ3v) is 3.52. The van der Waals surface area contributed by atoms with Crippen LogP contribution in [-0.4, -0.2) is 36.8 Å². The van der Waals surface area contributed by atoms with Gasteiger partial charge in [-0.05, 0) is 31.9 Å². The second kappa shape index (κ2) is 5.82. The normalized spacial score (nSPS) is 19.1. The van der Waals surface area contributed by atoms with Crippen molar-refractivity contribution in [3.63, 3.8) is 0 Å². The highest BCUT2D eigenvalue weighted by Crippen LogP contribution is 2.21. The van der Waals surface area contributed by atoms with Crippen molar-refractivity contribution in [2.45, 2.75) is 19.8 Å². The van der Waals surface area contributed by atoms with Gasteiger partial charge in [-0.3, -0.25) is 9.59 Å². The maximum absolute atomic E-state index is 11.7. The van der Waals surface area contributed by atoms with E-state index < -0.39 is 0 Å². The maximum atomic E-state index is 11.7. The number of carbonyl (C=O) groups excluding carboxylic acids is 2. The second-order valence-corrected chi connectivity index (χ2v) is 4.86. The fourth-order valence-electron chi connectivity index (χ4n) is 2.38. The lowest BCUT2D eigenvalue weighted by Crippen LogP contribution is -2.42. The van der Waals surface area contributed by atoms with Crippen molar-refractivity contribution in [1.82, 2.24) is 10.3 Å². The number of carbonyl (C=O) groups is 2. The van der Waals surface area contributed by atoms with Gasteiger partial charge in [0, 0.05) is 31.9 Å². The molecule has 1 aliphatic heterocycles. The topological polar surface area (TPSA) is 62.3 Å². The van der Waals surface area contributed by atoms with Gasteiger partial charge in [-0.25, -0.2) is 4.98 Å². The quantitative estimate of drug-likeness (QED) is 0.832. The van der Waals surface area contributed by atoms with Crippen molar-refractivity contribution in [2.24, 2.45) is 5.92 Å². The first-order chi connectivity index (χ1) is 9.11. The van der Waals surface area contributed by atoms with Gasteiger partial charge in [-0.1, -0.05) is 0 Å². The van der Waals surface area contributed by atoms with E-state index >= 15 is 0 Å². The van der Waals surface area contributed by atoms with Crippen LogP contribution in [0.4, 0.5) is 5.82 Å². The minimum Gasteiger partial charge on any atom is -0.359 e. The minimum atomic E-state index is 0.0148. The third kappa shape index (κ3) is 3.10. The van der Waals surface area contributed by atoms with Crippen LogP contribution in [0.2, 0.25) is 0 Å². The SMILES string of the molecule is CNC(=O)C1CCCN(c2ccc(C(C)=O)cn2)C1. The number of aromatic nitrogens is 1. The van der Waals surface area contributed by atoms with E-state index in [0.29, 0.717) is 12.1 Å². The van der Waals surface area contributed by atoms with Crippen molar-refractivity contribution in [3.8, 4) is 0 Å². The van der Waals surface area contributed by atoms with E-state index in [9.17, 15) is 9.59 Å². The molecule has 0 aliphatic carbocycles. The van der Waals surface area contributed by atoms with Crippen LogP contribution < -0.4 is 10.2 Å². The van der Waals surface area contributed by atoms with Gasteiger partial charge >= 0.3 is 0 Å². The predicted octanol–water partition coefficient (Wildman–Crippen LogP) is 1.25. The molecular weight excluding hydrogens is 242 g/mol. The number of nitrogens with zero attached hydrogens (tertiary/aromatic N) is 2. The molecule has 2 rings (SSSR count). The molecule has 1 aromatic rings. The van der Waals surface area contributed by atoms with Crippen LogP contribution in [0.5, 0.6) is 0 Å². The van der Waals surface area contributed by atoms with Crippen LogP contribution in [0.15, 0.2) is 18.3 Å². The largest absolute Gasteiger partial charge is 0.359 e. The molecule has 1 atom stereocenters. The van der Waals surface area contributed by atoms with Gasteiger partial charge in [-0.2, -0.15) is 0 Å². The van der Waals surface area contributed by atoms with E-state index in [0.717, 1.165) is 25.2 Å². The molecule has 1 N–H and O–H groups in total. The van der Waals surface area contributed by atoms with E-state index in [1.165, 1.54) is 6.92 Å². The molecule has 5 nitrogen and oxygen atoms in total. The summed E-state index contributed by atoms with van der Waals surface area (Å²) in [5.74, 6) is 0.956. The Morgan fingerprint density at radius 1 is 1.42 bits per heavy atom. The molecule has 102 valence electrons. The molecular formula is C14H19N3O2. The molecule has 5 heteroatoms. The number of amides is 1. The first kappa shape index (κ1) is 13.5. The molecule has 1 saturated heterocycles. The highest BCUT2D eigenvalue weighted by molar-refractivity contribution is 5.93. The van der Waals surface area contributed by atoms with Gasteiger partial charge in [0.2, 0.25) is 5.91 Å². The summed E-state index contributed by atoms with van der Waals surface area (Å²) in [6, 6.07) is 3.64. The molecule has 0 aromatic carbocycles. The van der Waals surface area contributed by atoms with Crippen molar-refractivity contribution >= 4 is 17.5 Å². The number of rotatable bonds is 3. The van der Waals surface area contributed by atoms with Crippen molar-refractivity contribution in [1.29, 1.82) is 0 Å². The van der Waals surface area contributed by atoms with E-state index in [1.54, 1.807) is 19.3 Å². The van der Waals surface area contributed by atoms with Gasteiger partial charge in [0.15, 0.2) is 5.78 Å². The summed E-state index contributed by atoms with van der Waals surface area (Å²) >= 11 is 0. The number of Topliss-reactive ketones (excluding diaryl/α,β-unsaturated/α-hetero) is 1. The Bertz CT molecular complexity index is 470. The molecule has 1 aromatic heterocycles. The Kier molecular flexibility index (Phi) is 4.14. The minimum absolute atomic E-state index is 0.0148. The fraction of sp³-hybridized carbons (Fsp3) is 0.500. The zero-order valence-electron chi connectivity index (χ0n) is 11.3. The number of anilines is 1. The van der Waals surface area contributed by atoms with Crippen LogP contribution in [0.25, 0.3) is 0 Å². The van der Waals surface area contributed by atoms with Crippen molar-refractivity contribution in [2.75, 3.05) is 25.0 Å². The predicted molar refractivity (Wildman–Crippen MR) is 73.2 cm³/mol. The van der Waals surface area contributed by atoms with E-state index in [4.69, 9.17) is 0 Å². The average Bonchev–Trinajstić information content (AvgIpc) is 2.46. The number of piperidine rings is 1. The maximum Gasteiger partial charge on any atom is 0.224 e. The lowest BCUT2D eigenvalue weighted by Gasteiger charge is -2.32. The number of nitrogens with one attached hydrogen (secondary N) is 1. The Morgan fingerprint density at radius 2 is 2.21 bits per heavy atom. The summed E-state index contributed by atoms with van der Waals surface area (Å²) in [5.41, 5.74) is 0.614. The molecule has 1 fully saturated rings. The lowest BCUT2D eigenvalue weighted by atomic mass is 9.97. The highest BCUT2D eigenvalue weighted by Gasteiger charge is 2.25. The molecule has 1 amide bonds. The number of hydrogen-bond acceptors (Lipinski definition) is 4. The zero-order chi connectivity index (χ0) is 13.8. The molecule has 0 spiro atoms. The smallest absolute Gasteiger partial charge is 0.224 e. The summed E-state index contributed by atoms with van der Waals surface area (Å²) < 4.78 is 0. The molecule has 0 saturated carbocycles. The van der Waals surface area contributed by atoms with Crippen LogP contribution in [0.3, 0.4) is 0 Å². The standard InChI is InChI=1S/C14H19N3O2/c1-10(18)11-5-6-13(16-8-11)17-7-3-4-12(9-17)14(19)15-2/h5-6,8,12H,3-4,7,9H2,1-2H3,(H,15,19). The molecule has 2 heterocycles. The zero-order valence-corrected chi connectivity index (χ0v) is 11.3. The van der Waals surface area contributed by atoms with Crippen LogP contribution in [0.1, 0.15) is 30.1 Å². The Labute approximate surface area is 113 Å². The van der Waals surface area contributed by atoms with Gasteiger partial charge < -0.3 is 10.2 Å². The summed E-state index contributed by atoms with van der Waals surface area (Å²) in [7, 11) is 1.67. The van der Waals surface area contributed by atoms with Gasteiger partial charge in [0.1, 0.15) is 5.82 Å². The fourth-order valence-corrected chi connectivity index (χ4v) is 2.38. The molecule has 19 heavy (non-hydrogen) atoms. The van der Waals surface area contributed by atoms with Gasteiger partial charge in [0.25, 0.3) is 0 Å². The lowest BCUT2D eigenvalue weighted by molar-refractivity contribution is -0.124. The van der Waals surface area contributed by atoms with Crippen LogP contribution >= 0.6 is 0 Å². The van der Waals surface area contributed by atoms with Crippen LogP contribution in [0, 0.1) is 5.92 Å². The first-order valence-electron chi connectivity index (χ1n) is 6.55. The number of ketones is 1. The Morgan fingerprint density at radius 3 is 2.79 bits per heavy atom. The Balaban J connectivity index is 2.08. The molecule has 0 bridgehead atoms. The first-order valence-corrected chi connectivity index (χ1v) is 6.55. The average molecular weight is 261 g/mol. The summed E-state index contributed by atoms with van der Waals surface area (Å²) in [4.78, 5) is 29.3. The van der Waals surface area contributed by atoms with Crippen LogP contribution in [-0.2, 0) is 4.79 Å². The van der Waals surface area contributed by atoms with E-state index in [-0.39, 0.29) is 17.6 Å². The van der Waals surface area contributed by atoms with Crippen molar-refractivity contribution < 1.29 is 9.59 Å². The number of pyridine rings is 1. The summed E-state index contributed by atoms with van der Waals surface area (Å²) in [5, 5.41) is 2.70. The van der Waals surface area contributed by atoms with E-state index in [2.05, 4.69) is 15.2 Å². The van der Waals surface area contributed by atoms with E-state index in [1.807, 2.05) is 6.07 Å². The number of hydrogen-bond donors (Lipinski definition) is 1.